The molecule has 3 N–H and O–H groups in total. The molecule has 0 radical (unpaired) electrons. The number of carbonyl (C=O) groups excluding carboxylic acids is 1. The highest BCUT2D eigenvalue weighted by atomic mass is 32.2. The second-order valence-corrected chi connectivity index (χ2v) is 10.2. The number of hydrogen-bond donors (Lipinski definition) is 3. The van der Waals surface area contributed by atoms with Gasteiger partial charge in [0.1, 0.15) is 17.5 Å². The van der Waals surface area contributed by atoms with Crippen molar-refractivity contribution < 1.29 is 26.7 Å². The van der Waals surface area contributed by atoms with Crippen molar-refractivity contribution in [3.8, 4) is 0 Å². The van der Waals surface area contributed by atoms with Crippen LogP contribution in [-0.4, -0.2) is 48.8 Å². The van der Waals surface area contributed by atoms with E-state index in [1.165, 1.54) is 18.2 Å². The van der Waals surface area contributed by atoms with Gasteiger partial charge in [0.2, 0.25) is 9.84 Å². The first kappa shape index (κ1) is 23.8. The fourth-order valence-corrected chi connectivity index (χ4v) is 5.32. The van der Waals surface area contributed by atoms with Crippen LogP contribution in [0.4, 0.5) is 20.4 Å². The molecular formula is C24H21F2N5O4S. The predicted molar refractivity (Wildman–Crippen MR) is 128 cm³/mol. The molecule has 0 aliphatic carbocycles. The molecule has 0 unspecified atom stereocenters. The van der Waals surface area contributed by atoms with E-state index in [1.54, 1.807) is 18.3 Å². The van der Waals surface area contributed by atoms with Gasteiger partial charge in [0, 0.05) is 36.9 Å². The van der Waals surface area contributed by atoms with Crippen LogP contribution in [0.5, 0.6) is 0 Å². The lowest BCUT2D eigenvalue weighted by molar-refractivity contribution is 0.0903. The minimum absolute atomic E-state index is 0.0957. The molecule has 186 valence electrons. The molecule has 0 bridgehead atoms. The molecule has 0 saturated carbocycles. The van der Waals surface area contributed by atoms with Crippen molar-refractivity contribution in [3.05, 3.63) is 71.9 Å². The average molecular weight is 514 g/mol. The molecule has 4 aromatic rings. The van der Waals surface area contributed by atoms with Crippen LogP contribution in [0, 0.1) is 11.6 Å². The molecule has 1 aliphatic rings. The van der Waals surface area contributed by atoms with Gasteiger partial charge in [-0.3, -0.25) is 9.89 Å². The molecule has 1 aliphatic heterocycles. The lowest BCUT2D eigenvalue weighted by atomic mass is 10.1. The number of amides is 1. The van der Waals surface area contributed by atoms with Crippen molar-refractivity contribution in [1.29, 1.82) is 0 Å². The Morgan fingerprint density at radius 2 is 1.75 bits per heavy atom. The molecule has 5 rings (SSSR count). The SMILES string of the molecule is O=C(Nc1n[nH]c2ccc(S(=O)(=O)c3cc(F)cc(F)c3)cc12)c1cccnc1NC1CCOCC1. The van der Waals surface area contributed by atoms with Gasteiger partial charge in [-0.15, -0.1) is 0 Å². The molecule has 2 aromatic carbocycles. The number of halogens is 2. The van der Waals surface area contributed by atoms with Gasteiger partial charge in [-0.25, -0.2) is 22.2 Å². The minimum atomic E-state index is -4.24. The summed E-state index contributed by atoms with van der Waals surface area (Å²) in [6.07, 6.45) is 3.15. The maximum absolute atomic E-state index is 13.6. The summed E-state index contributed by atoms with van der Waals surface area (Å²) in [4.78, 5) is 16.7. The van der Waals surface area contributed by atoms with Crippen molar-refractivity contribution >= 4 is 38.3 Å². The third-order valence-corrected chi connectivity index (χ3v) is 7.57. The van der Waals surface area contributed by atoms with Crippen LogP contribution >= 0.6 is 0 Å². The number of sulfone groups is 1. The Kier molecular flexibility index (Phi) is 6.37. The molecule has 3 heterocycles. The van der Waals surface area contributed by atoms with E-state index in [0.717, 1.165) is 25.0 Å². The second-order valence-electron chi connectivity index (χ2n) is 8.27. The highest BCUT2D eigenvalue weighted by Crippen LogP contribution is 2.29. The van der Waals surface area contributed by atoms with Crippen molar-refractivity contribution in [2.24, 2.45) is 0 Å². The van der Waals surface area contributed by atoms with Gasteiger partial charge >= 0.3 is 0 Å². The Bertz CT molecular complexity index is 1530. The Hall–Kier alpha value is -3.90. The molecular weight excluding hydrogens is 492 g/mol. The van der Waals surface area contributed by atoms with Gasteiger partial charge in [0.05, 0.1) is 20.9 Å². The fraction of sp³-hybridized carbons (Fsp3) is 0.208. The van der Waals surface area contributed by atoms with E-state index in [9.17, 15) is 22.0 Å². The zero-order valence-electron chi connectivity index (χ0n) is 18.8. The van der Waals surface area contributed by atoms with Crippen molar-refractivity contribution in [3.63, 3.8) is 0 Å². The van der Waals surface area contributed by atoms with Crippen LogP contribution in [0.25, 0.3) is 10.9 Å². The minimum Gasteiger partial charge on any atom is -0.381 e. The number of aromatic amines is 1. The first-order valence-electron chi connectivity index (χ1n) is 11.1. The average Bonchev–Trinajstić information content (AvgIpc) is 3.26. The number of aromatic nitrogens is 3. The highest BCUT2D eigenvalue weighted by molar-refractivity contribution is 7.91. The number of nitrogens with one attached hydrogen (secondary N) is 3. The molecule has 1 saturated heterocycles. The molecule has 1 fully saturated rings. The summed E-state index contributed by atoms with van der Waals surface area (Å²) in [5.41, 5.74) is 0.751. The highest BCUT2D eigenvalue weighted by Gasteiger charge is 2.23. The van der Waals surface area contributed by atoms with E-state index in [2.05, 4.69) is 25.8 Å². The van der Waals surface area contributed by atoms with E-state index >= 15 is 0 Å². The molecule has 2 aromatic heterocycles. The molecule has 0 spiro atoms. The van der Waals surface area contributed by atoms with E-state index < -0.39 is 32.3 Å². The van der Waals surface area contributed by atoms with Crippen molar-refractivity contribution in [2.75, 3.05) is 23.8 Å². The number of rotatable bonds is 6. The summed E-state index contributed by atoms with van der Waals surface area (Å²) in [5, 5.41) is 13.1. The number of H-pyrrole nitrogens is 1. The van der Waals surface area contributed by atoms with Crippen LogP contribution < -0.4 is 10.6 Å². The first-order valence-corrected chi connectivity index (χ1v) is 12.6. The maximum Gasteiger partial charge on any atom is 0.260 e. The second kappa shape index (κ2) is 9.63. The largest absolute Gasteiger partial charge is 0.381 e. The summed E-state index contributed by atoms with van der Waals surface area (Å²) in [7, 11) is -4.24. The zero-order chi connectivity index (χ0) is 25.3. The Morgan fingerprint density at radius 1 is 1.00 bits per heavy atom. The number of ether oxygens (including phenoxy) is 1. The van der Waals surface area contributed by atoms with Gasteiger partial charge in [-0.1, -0.05) is 0 Å². The monoisotopic (exact) mass is 513 g/mol. The van der Waals surface area contributed by atoms with Gasteiger partial charge in [-0.2, -0.15) is 5.10 Å². The molecule has 1 amide bonds. The van der Waals surface area contributed by atoms with Gasteiger partial charge in [0.15, 0.2) is 5.82 Å². The number of fused-ring (bicyclic) bond motifs is 1. The standard InChI is InChI=1S/C24H21F2N5O4S/c25-14-10-15(26)12-18(11-14)36(33,34)17-3-4-21-20(13-17)23(31-30-21)29-24(32)19-2-1-7-27-22(19)28-16-5-8-35-9-6-16/h1-4,7,10-13,16H,5-6,8-9H2,(H,27,28)(H2,29,30,31,32). The molecule has 12 heteroatoms. The third kappa shape index (κ3) is 4.77. The van der Waals surface area contributed by atoms with Crippen LogP contribution in [-0.2, 0) is 14.6 Å². The van der Waals surface area contributed by atoms with Gasteiger partial charge in [-0.05, 0) is 55.3 Å². The fourth-order valence-electron chi connectivity index (χ4n) is 3.99. The van der Waals surface area contributed by atoms with E-state index in [-0.39, 0.29) is 16.8 Å². The quantitative estimate of drug-likeness (QED) is 0.357. The van der Waals surface area contributed by atoms with E-state index in [4.69, 9.17) is 4.74 Å². The van der Waals surface area contributed by atoms with E-state index in [1.807, 2.05) is 0 Å². The Labute approximate surface area is 204 Å². The number of carbonyl (C=O) groups is 1. The first-order chi connectivity index (χ1) is 17.3. The third-order valence-electron chi connectivity index (χ3n) is 5.84. The van der Waals surface area contributed by atoms with Crippen LogP contribution in [0.15, 0.2) is 64.5 Å². The summed E-state index contributed by atoms with van der Waals surface area (Å²) < 4.78 is 58.7. The topological polar surface area (TPSA) is 126 Å². The Morgan fingerprint density at radius 3 is 2.50 bits per heavy atom. The number of benzene rings is 2. The summed E-state index contributed by atoms with van der Waals surface area (Å²) >= 11 is 0. The zero-order valence-corrected chi connectivity index (χ0v) is 19.6. The maximum atomic E-state index is 13.6. The predicted octanol–water partition coefficient (Wildman–Crippen LogP) is 3.91. The lowest BCUT2D eigenvalue weighted by Gasteiger charge is -2.24. The Balaban J connectivity index is 1.44. The molecule has 0 atom stereocenters. The van der Waals surface area contributed by atoms with Gasteiger partial charge in [0.25, 0.3) is 5.91 Å². The number of anilines is 2. The summed E-state index contributed by atoms with van der Waals surface area (Å²) in [6, 6.07) is 9.50. The smallest absolute Gasteiger partial charge is 0.260 e. The molecule has 36 heavy (non-hydrogen) atoms. The molecule has 9 nitrogen and oxygen atoms in total. The number of pyridine rings is 1. The van der Waals surface area contributed by atoms with E-state index in [0.29, 0.717) is 41.6 Å². The van der Waals surface area contributed by atoms with Crippen molar-refractivity contribution in [1.82, 2.24) is 15.2 Å². The lowest BCUT2D eigenvalue weighted by Crippen LogP contribution is -2.29. The number of nitrogens with zero attached hydrogens (tertiary/aromatic N) is 2. The summed E-state index contributed by atoms with van der Waals surface area (Å²) in [6.45, 7) is 1.25. The van der Waals surface area contributed by atoms with Crippen LogP contribution in [0.2, 0.25) is 0 Å². The van der Waals surface area contributed by atoms with Crippen LogP contribution in [0.1, 0.15) is 23.2 Å². The number of hydrogen-bond acceptors (Lipinski definition) is 7. The van der Waals surface area contributed by atoms with Crippen molar-refractivity contribution in [2.45, 2.75) is 28.7 Å². The van der Waals surface area contributed by atoms with Gasteiger partial charge < -0.3 is 15.4 Å². The van der Waals surface area contributed by atoms with Crippen LogP contribution in [0.3, 0.4) is 0 Å². The summed E-state index contributed by atoms with van der Waals surface area (Å²) in [5.74, 6) is -2.00. The normalized spacial score (nSPS) is 14.6.